The molecule has 118 valence electrons. The number of aliphatic hydroxyl groups is 1. The zero-order valence-corrected chi connectivity index (χ0v) is 13.9. The van der Waals surface area contributed by atoms with Gasteiger partial charge in [0.2, 0.25) is 10.0 Å². The Morgan fingerprint density at radius 1 is 1.10 bits per heavy atom. The molecule has 0 radical (unpaired) electrons. The number of hydrogen-bond donors (Lipinski definition) is 2. The van der Waals surface area contributed by atoms with Crippen LogP contribution in [-0.2, 0) is 10.0 Å². The lowest BCUT2D eigenvalue weighted by Crippen LogP contribution is -2.52. The average Bonchev–Trinajstić information content (AvgIpc) is 2.37. The van der Waals surface area contributed by atoms with Crippen molar-refractivity contribution in [1.82, 2.24) is 4.72 Å². The van der Waals surface area contributed by atoms with Crippen LogP contribution in [0.25, 0.3) is 0 Å². The van der Waals surface area contributed by atoms with Crippen LogP contribution < -0.4 is 4.72 Å². The molecule has 1 aromatic carbocycles. The largest absolute Gasteiger partial charge is 0.394 e. The Kier molecular flexibility index (Phi) is 4.76. The molecule has 0 amide bonds. The molecule has 2 rings (SSSR count). The fourth-order valence-corrected chi connectivity index (χ4v) is 5.35. The minimum Gasteiger partial charge on any atom is -0.394 e. The first kappa shape index (κ1) is 16.5. The summed E-state index contributed by atoms with van der Waals surface area (Å²) in [7, 11) is -3.62. The number of benzene rings is 1. The van der Waals surface area contributed by atoms with Crippen LogP contribution in [0.2, 0.25) is 0 Å². The molecule has 2 N–H and O–H groups in total. The monoisotopic (exact) mass is 311 g/mol. The Morgan fingerprint density at radius 3 is 2.10 bits per heavy atom. The van der Waals surface area contributed by atoms with Gasteiger partial charge in [-0.3, -0.25) is 0 Å². The summed E-state index contributed by atoms with van der Waals surface area (Å²) in [6, 6.07) is 3.77. The third-order valence-electron chi connectivity index (χ3n) is 4.34. The van der Waals surface area contributed by atoms with Crippen molar-refractivity contribution in [3.05, 3.63) is 28.8 Å². The van der Waals surface area contributed by atoms with Crippen LogP contribution in [0.4, 0.5) is 0 Å². The number of hydrogen-bond acceptors (Lipinski definition) is 3. The van der Waals surface area contributed by atoms with Gasteiger partial charge >= 0.3 is 0 Å². The fourth-order valence-electron chi connectivity index (χ4n) is 3.45. The van der Waals surface area contributed by atoms with E-state index in [2.05, 4.69) is 4.72 Å². The zero-order valence-electron chi connectivity index (χ0n) is 13.1. The molecule has 0 spiro atoms. The molecule has 4 nitrogen and oxygen atoms in total. The third-order valence-corrected chi connectivity index (χ3v) is 6.22. The highest BCUT2D eigenvalue weighted by Gasteiger charge is 2.36. The Labute approximate surface area is 127 Å². The number of aryl methyl sites for hydroxylation is 3. The van der Waals surface area contributed by atoms with Crippen molar-refractivity contribution in [3.63, 3.8) is 0 Å². The standard InChI is InChI=1S/C16H25NO3S/c1-12-9-13(2)15(14(3)10-12)21(19,20)17-16(11-18)7-5-4-6-8-16/h9-10,17-18H,4-8,11H2,1-3H3. The molecular formula is C16H25NO3S. The maximum Gasteiger partial charge on any atom is 0.241 e. The summed E-state index contributed by atoms with van der Waals surface area (Å²) in [4.78, 5) is 0.353. The van der Waals surface area contributed by atoms with Gasteiger partial charge in [-0.05, 0) is 44.7 Å². The van der Waals surface area contributed by atoms with Crippen molar-refractivity contribution in [1.29, 1.82) is 0 Å². The van der Waals surface area contributed by atoms with E-state index in [-0.39, 0.29) is 6.61 Å². The van der Waals surface area contributed by atoms with E-state index in [0.717, 1.165) is 36.0 Å². The van der Waals surface area contributed by atoms with Gasteiger partial charge in [-0.2, -0.15) is 0 Å². The first-order valence-electron chi connectivity index (χ1n) is 7.52. The van der Waals surface area contributed by atoms with Gasteiger partial charge in [-0.15, -0.1) is 0 Å². The highest BCUT2D eigenvalue weighted by atomic mass is 32.2. The van der Waals surface area contributed by atoms with Gasteiger partial charge in [0.1, 0.15) is 0 Å². The number of rotatable bonds is 4. The first-order valence-corrected chi connectivity index (χ1v) is 9.01. The summed E-state index contributed by atoms with van der Waals surface area (Å²) >= 11 is 0. The Balaban J connectivity index is 2.38. The third kappa shape index (κ3) is 3.47. The second-order valence-corrected chi connectivity index (χ2v) is 7.95. The smallest absolute Gasteiger partial charge is 0.241 e. The molecule has 1 aliphatic carbocycles. The Morgan fingerprint density at radius 2 is 1.62 bits per heavy atom. The lowest BCUT2D eigenvalue weighted by Gasteiger charge is -2.36. The van der Waals surface area contributed by atoms with Gasteiger partial charge in [0.15, 0.2) is 0 Å². The predicted molar refractivity (Wildman–Crippen MR) is 83.9 cm³/mol. The van der Waals surface area contributed by atoms with E-state index >= 15 is 0 Å². The highest BCUT2D eigenvalue weighted by molar-refractivity contribution is 7.89. The summed E-state index contributed by atoms with van der Waals surface area (Å²) in [5.41, 5.74) is 1.87. The lowest BCUT2D eigenvalue weighted by atomic mass is 9.83. The molecule has 0 heterocycles. The van der Waals surface area contributed by atoms with E-state index in [9.17, 15) is 13.5 Å². The molecule has 1 aromatic rings. The summed E-state index contributed by atoms with van der Waals surface area (Å²) in [6.45, 7) is 5.46. The van der Waals surface area contributed by atoms with Gasteiger partial charge in [-0.25, -0.2) is 13.1 Å². The minimum atomic E-state index is -3.62. The van der Waals surface area contributed by atoms with E-state index in [4.69, 9.17) is 0 Å². The minimum absolute atomic E-state index is 0.143. The number of sulfonamides is 1. The van der Waals surface area contributed by atoms with Crippen LogP contribution in [0.5, 0.6) is 0 Å². The molecular weight excluding hydrogens is 286 g/mol. The molecule has 0 saturated heterocycles. The Bertz CT molecular complexity index is 593. The van der Waals surface area contributed by atoms with Crippen LogP contribution in [-0.4, -0.2) is 25.7 Å². The fraction of sp³-hybridized carbons (Fsp3) is 0.625. The second-order valence-electron chi connectivity index (χ2n) is 6.33. The summed E-state index contributed by atoms with van der Waals surface area (Å²) in [5, 5.41) is 9.71. The summed E-state index contributed by atoms with van der Waals surface area (Å²) in [6.07, 6.45) is 4.41. The topological polar surface area (TPSA) is 66.4 Å². The van der Waals surface area contributed by atoms with E-state index < -0.39 is 15.6 Å². The lowest BCUT2D eigenvalue weighted by molar-refractivity contribution is 0.142. The second kappa shape index (κ2) is 6.07. The molecule has 0 bridgehead atoms. The molecule has 1 aliphatic rings. The van der Waals surface area contributed by atoms with Gasteiger partial charge in [0.25, 0.3) is 0 Å². The van der Waals surface area contributed by atoms with E-state index in [1.54, 1.807) is 0 Å². The van der Waals surface area contributed by atoms with E-state index in [0.29, 0.717) is 17.7 Å². The van der Waals surface area contributed by atoms with Crippen molar-refractivity contribution < 1.29 is 13.5 Å². The molecule has 0 aromatic heterocycles. The predicted octanol–water partition coefficient (Wildman–Crippen LogP) is 2.59. The molecule has 1 fully saturated rings. The van der Waals surface area contributed by atoms with Crippen LogP contribution in [0.3, 0.4) is 0 Å². The normalized spacial score (nSPS) is 18.7. The number of aliphatic hydroxyl groups excluding tert-OH is 1. The van der Waals surface area contributed by atoms with Crippen molar-refractivity contribution >= 4 is 10.0 Å². The SMILES string of the molecule is Cc1cc(C)c(S(=O)(=O)NC2(CO)CCCCC2)c(C)c1. The van der Waals surface area contributed by atoms with Gasteiger partial charge in [-0.1, -0.05) is 37.0 Å². The molecule has 0 aliphatic heterocycles. The number of nitrogens with one attached hydrogen (secondary N) is 1. The van der Waals surface area contributed by atoms with Crippen molar-refractivity contribution in [2.75, 3.05) is 6.61 Å². The highest BCUT2D eigenvalue weighted by Crippen LogP contribution is 2.31. The van der Waals surface area contributed by atoms with E-state index in [1.807, 2.05) is 32.9 Å². The van der Waals surface area contributed by atoms with Crippen molar-refractivity contribution in [2.24, 2.45) is 0 Å². The van der Waals surface area contributed by atoms with Gasteiger partial charge in [0, 0.05) is 0 Å². The van der Waals surface area contributed by atoms with Crippen LogP contribution >= 0.6 is 0 Å². The molecule has 5 heteroatoms. The van der Waals surface area contributed by atoms with Crippen LogP contribution in [0, 0.1) is 20.8 Å². The van der Waals surface area contributed by atoms with Crippen molar-refractivity contribution in [3.8, 4) is 0 Å². The average molecular weight is 311 g/mol. The summed E-state index contributed by atoms with van der Waals surface area (Å²) < 4.78 is 28.4. The molecule has 0 atom stereocenters. The van der Waals surface area contributed by atoms with E-state index in [1.165, 1.54) is 0 Å². The quantitative estimate of drug-likeness (QED) is 0.898. The molecule has 1 saturated carbocycles. The zero-order chi connectivity index (χ0) is 15.7. The maximum atomic E-state index is 12.8. The van der Waals surface area contributed by atoms with Crippen LogP contribution in [0.1, 0.15) is 48.8 Å². The van der Waals surface area contributed by atoms with Crippen molar-refractivity contribution in [2.45, 2.75) is 63.3 Å². The maximum absolute atomic E-state index is 12.8. The van der Waals surface area contributed by atoms with Crippen LogP contribution in [0.15, 0.2) is 17.0 Å². The van der Waals surface area contributed by atoms with Gasteiger partial charge < -0.3 is 5.11 Å². The Hall–Kier alpha value is -0.910. The molecule has 21 heavy (non-hydrogen) atoms. The summed E-state index contributed by atoms with van der Waals surface area (Å²) in [5.74, 6) is 0. The van der Waals surface area contributed by atoms with Gasteiger partial charge in [0.05, 0.1) is 17.0 Å². The first-order chi connectivity index (χ1) is 9.80. The molecule has 0 unspecified atom stereocenters.